The van der Waals surface area contributed by atoms with Crippen LogP contribution in [0.25, 0.3) is 0 Å². The van der Waals surface area contributed by atoms with Gasteiger partial charge in [0.1, 0.15) is 0 Å². The third-order valence-corrected chi connectivity index (χ3v) is 7.09. The summed E-state index contributed by atoms with van der Waals surface area (Å²) >= 11 is 0. The summed E-state index contributed by atoms with van der Waals surface area (Å²) in [4.78, 5) is 27.5. The number of aryl methyl sites for hydroxylation is 1. The molecule has 0 aromatic heterocycles. The van der Waals surface area contributed by atoms with E-state index in [0.717, 1.165) is 56.4 Å². The number of benzene rings is 2. The van der Waals surface area contributed by atoms with Crippen molar-refractivity contribution in [3.05, 3.63) is 64.7 Å². The number of carbonyl (C=O) groups excluding carboxylic acids is 2. The zero-order chi connectivity index (χ0) is 26.0. The lowest BCUT2D eigenvalue weighted by Gasteiger charge is -2.28. The predicted octanol–water partition coefficient (Wildman–Crippen LogP) is 4.86. The van der Waals surface area contributed by atoms with E-state index in [0.29, 0.717) is 38.3 Å². The van der Waals surface area contributed by atoms with Crippen LogP contribution in [-0.2, 0) is 27.1 Å². The van der Waals surface area contributed by atoms with Crippen molar-refractivity contribution in [1.82, 2.24) is 5.01 Å². The average Bonchev–Trinajstić information content (AvgIpc) is 2.93. The second-order valence-corrected chi connectivity index (χ2v) is 9.81. The van der Waals surface area contributed by atoms with Gasteiger partial charge in [-0.05, 0) is 79.5 Å². The van der Waals surface area contributed by atoms with E-state index in [9.17, 15) is 9.59 Å². The van der Waals surface area contributed by atoms with Gasteiger partial charge in [0.15, 0.2) is 0 Å². The van der Waals surface area contributed by atoms with Crippen LogP contribution in [0, 0.1) is 5.92 Å². The van der Waals surface area contributed by atoms with Crippen LogP contribution in [0.2, 0.25) is 0 Å². The zero-order valence-corrected chi connectivity index (χ0v) is 22.2. The molecule has 0 saturated carbocycles. The first-order chi connectivity index (χ1) is 18.1. The molecule has 7 heteroatoms. The first-order valence-corrected chi connectivity index (χ1v) is 13.6. The summed E-state index contributed by atoms with van der Waals surface area (Å²) in [5.41, 5.74) is 5.10. The quantitative estimate of drug-likeness (QED) is 0.341. The normalized spacial score (nSPS) is 17.5. The van der Waals surface area contributed by atoms with E-state index in [2.05, 4.69) is 30.2 Å². The number of carbonyl (C=O) groups is 2. The SMILES string of the molecule is CCCCN(C(=O)c1ccc(C=NN2CCOCC2)cc1)c1ccc2c(c1)CC(CC(=O)OCC)CC2. The first-order valence-electron chi connectivity index (χ1n) is 13.6. The van der Waals surface area contributed by atoms with Gasteiger partial charge in [-0.25, -0.2) is 0 Å². The molecule has 37 heavy (non-hydrogen) atoms. The van der Waals surface area contributed by atoms with Gasteiger partial charge in [0.2, 0.25) is 0 Å². The van der Waals surface area contributed by atoms with Crippen LogP contribution in [-0.4, -0.2) is 62.6 Å². The second kappa shape index (κ2) is 13.4. The fraction of sp³-hybridized carbons (Fsp3) is 0.500. The van der Waals surface area contributed by atoms with E-state index in [4.69, 9.17) is 9.47 Å². The molecular formula is C30H39N3O4. The Morgan fingerprint density at radius 2 is 1.89 bits per heavy atom. The minimum atomic E-state index is -0.120. The monoisotopic (exact) mass is 505 g/mol. The summed E-state index contributed by atoms with van der Waals surface area (Å²) in [6.45, 7) is 8.06. The standard InChI is InChI=1S/C30H39N3O4/c1-3-5-14-33(28-13-12-25-9-8-24(19-27(25)21-28)20-29(34)37-4-2)30(35)26-10-6-23(7-11-26)22-31-32-15-17-36-18-16-32/h6-7,10-13,21-22,24H,3-5,8-9,14-20H2,1-2H3. The van der Waals surface area contributed by atoms with Crippen molar-refractivity contribution in [3.8, 4) is 0 Å². The summed E-state index contributed by atoms with van der Waals surface area (Å²) < 4.78 is 10.5. The van der Waals surface area contributed by atoms with Crippen LogP contribution in [0.5, 0.6) is 0 Å². The Morgan fingerprint density at radius 1 is 1.11 bits per heavy atom. The maximum atomic E-state index is 13.6. The highest BCUT2D eigenvalue weighted by Gasteiger charge is 2.24. The molecule has 1 aliphatic carbocycles. The van der Waals surface area contributed by atoms with Crippen LogP contribution < -0.4 is 4.90 Å². The summed E-state index contributed by atoms with van der Waals surface area (Å²) in [5.74, 6) is 0.169. The number of morpholine rings is 1. The summed E-state index contributed by atoms with van der Waals surface area (Å²) in [6.07, 6.45) is 7.02. The summed E-state index contributed by atoms with van der Waals surface area (Å²) in [5, 5.41) is 6.53. The molecule has 0 radical (unpaired) electrons. The lowest BCUT2D eigenvalue weighted by molar-refractivity contribution is -0.144. The minimum absolute atomic E-state index is 0.00366. The summed E-state index contributed by atoms with van der Waals surface area (Å²) in [7, 11) is 0. The number of anilines is 1. The van der Waals surface area contributed by atoms with Crippen LogP contribution in [0.15, 0.2) is 47.6 Å². The Labute approximate surface area is 220 Å². The number of fused-ring (bicyclic) bond motifs is 1. The Hall–Kier alpha value is -3.19. The Balaban J connectivity index is 1.47. The molecule has 0 N–H and O–H groups in total. The van der Waals surface area contributed by atoms with E-state index in [-0.39, 0.29) is 17.8 Å². The molecule has 1 heterocycles. The third kappa shape index (κ3) is 7.41. The van der Waals surface area contributed by atoms with Crippen molar-refractivity contribution in [2.45, 2.75) is 52.4 Å². The van der Waals surface area contributed by atoms with Gasteiger partial charge < -0.3 is 14.4 Å². The fourth-order valence-electron chi connectivity index (χ4n) is 4.97. The Morgan fingerprint density at radius 3 is 2.62 bits per heavy atom. The second-order valence-electron chi connectivity index (χ2n) is 9.81. The van der Waals surface area contributed by atoms with Gasteiger partial charge >= 0.3 is 5.97 Å². The lowest BCUT2D eigenvalue weighted by atomic mass is 9.82. The maximum absolute atomic E-state index is 13.6. The van der Waals surface area contributed by atoms with Gasteiger partial charge in [-0.3, -0.25) is 14.6 Å². The van der Waals surface area contributed by atoms with Gasteiger partial charge in [-0.15, -0.1) is 0 Å². The largest absolute Gasteiger partial charge is 0.466 e. The van der Waals surface area contributed by atoms with Crippen molar-refractivity contribution in [2.75, 3.05) is 44.4 Å². The van der Waals surface area contributed by atoms with E-state index in [1.807, 2.05) is 47.3 Å². The number of rotatable bonds is 10. The number of unbranched alkanes of at least 4 members (excludes halogenated alkanes) is 1. The highest BCUT2D eigenvalue weighted by atomic mass is 16.5. The summed E-state index contributed by atoms with van der Waals surface area (Å²) in [6, 6.07) is 14.0. The van der Waals surface area contributed by atoms with Gasteiger partial charge in [0.05, 0.1) is 39.1 Å². The van der Waals surface area contributed by atoms with Crippen LogP contribution in [0.1, 0.15) is 66.6 Å². The van der Waals surface area contributed by atoms with Crippen molar-refractivity contribution in [2.24, 2.45) is 11.0 Å². The first kappa shape index (κ1) is 26.9. The molecule has 0 bridgehead atoms. The van der Waals surface area contributed by atoms with Gasteiger partial charge in [0.25, 0.3) is 5.91 Å². The van der Waals surface area contributed by atoms with Gasteiger partial charge in [-0.1, -0.05) is 31.5 Å². The van der Waals surface area contributed by atoms with Crippen LogP contribution >= 0.6 is 0 Å². The number of hydrogen-bond donors (Lipinski definition) is 0. The average molecular weight is 506 g/mol. The van der Waals surface area contributed by atoms with Gasteiger partial charge in [-0.2, -0.15) is 5.10 Å². The minimum Gasteiger partial charge on any atom is -0.466 e. The lowest BCUT2D eigenvalue weighted by Crippen LogP contribution is -2.32. The molecular weight excluding hydrogens is 466 g/mol. The number of hydrazone groups is 1. The van der Waals surface area contributed by atoms with Crippen LogP contribution in [0.3, 0.4) is 0 Å². The molecule has 0 spiro atoms. The number of hydrogen-bond acceptors (Lipinski definition) is 6. The van der Waals surface area contributed by atoms with Gasteiger partial charge in [0, 0.05) is 24.2 Å². The van der Waals surface area contributed by atoms with Crippen molar-refractivity contribution in [1.29, 1.82) is 0 Å². The highest BCUT2D eigenvalue weighted by Crippen LogP contribution is 2.31. The Kier molecular flexibility index (Phi) is 9.71. The molecule has 198 valence electrons. The fourth-order valence-corrected chi connectivity index (χ4v) is 4.97. The van der Waals surface area contributed by atoms with Crippen molar-refractivity contribution >= 4 is 23.8 Å². The van der Waals surface area contributed by atoms with E-state index in [1.165, 1.54) is 11.1 Å². The maximum Gasteiger partial charge on any atom is 0.306 e. The molecule has 2 aromatic carbocycles. The molecule has 2 aromatic rings. The molecule has 1 aliphatic heterocycles. The molecule has 1 fully saturated rings. The number of esters is 1. The number of nitrogens with zero attached hydrogens (tertiary/aromatic N) is 3. The molecule has 1 atom stereocenters. The molecule has 4 rings (SSSR count). The van der Waals surface area contributed by atoms with Crippen LogP contribution in [0.4, 0.5) is 5.69 Å². The molecule has 2 aliphatic rings. The third-order valence-electron chi connectivity index (χ3n) is 7.09. The Bertz CT molecular complexity index is 1080. The molecule has 1 saturated heterocycles. The molecule has 1 amide bonds. The highest BCUT2D eigenvalue weighted by molar-refractivity contribution is 6.06. The van der Waals surface area contributed by atoms with Crippen molar-refractivity contribution < 1.29 is 19.1 Å². The van der Waals surface area contributed by atoms with E-state index in [1.54, 1.807) is 0 Å². The molecule has 7 nitrogen and oxygen atoms in total. The van der Waals surface area contributed by atoms with Crippen molar-refractivity contribution in [3.63, 3.8) is 0 Å². The predicted molar refractivity (Wildman–Crippen MR) is 146 cm³/mol. The van der Waals surface area contributed by atoms with E-state index < -0.39 is 0 Å². The number of ether oxygens (including phenoxy) is 2. The van der Waals surface area contributed by atoms with E-state index >= 15 is 0 Å². The zero-order valence-electron chi connectivity index (χ0n) is 22.2. The molecule has 1 unspecified atom stereocenters. The topological polar surface area (TPSA) is 71.4 Å². The smallest absolute Gasteiger partial charge is 0.306 e. The number of amides is 1.